The maximum absolute atomic E-state index is 10.5. The molecule has 1 rings (SSSR count). The summed E-state index contributed by atoms with van der Waals surface area (Å²) in [5.74, 6) is 0. The summed E-state index contributed by atoms with van der Waals surface area (Å²) >= 11 is 0. The summed E-state index contributed by atoms with van der Waals surface area (Å²) < 4.78 is 10.5. The first-order chi connectivity index (χ1) is 4.93. The Bertz CT molecular complexity index is 95.4. The predicted molar refractivity (Wildman–Crippen MR) is 43.4 cm³/mol. The average Bonchev–Trinajstić information content (AvgIpc) is 1.87. The molecule has 1 fully saturated rings. The largest absolute Gasteiger partial charge is 0.275 e. The van der Waals surface area contributed by atoms with E-state index in [0.29, 0.717) is 14.1 Å². The third-order valence-corrected chi connectivity index (χ3v) is 2.85. The molecule has 1 saturated carbocycles. The standard InChI is InChI=1S/C8H14OP/c9-10-8-6-4-2-1-3-5-7-8/h1,8H,2-7H2. The maximum atomic E-state index is 10.5. The van der Waals surface area contributed by atoms with Crippen LogP contribution in [0.2, 0.25) is 0 Å². The third-order valence-electron chi connectivity index (χ3n) is 2.04. The van der Waals surface area contributed by atoms with Crippen molar-refractivity contribution in [2.24, 2.45) is 0 Å². The van der Waals surface area contributed by atoms with E-state index < -0.39 is 0 Å². The predicted octanol–water partition coefficient (Wildman–Crippen LogP) is 3.21. The molecule has 0 amide bonds. The van der Waals surface area contributed by atoms with E-state index in [1.165, 1.54) is 25.7 Å². The van der Waals surface area contributed by atoms with Gasteiger partial charge in [-0.3, -0.25) is 4.57 Å². The first-order valence-corrected chi connectivity index (χ1v) is 4.96. The molecule has 0 aromatic rings. The number of hydrogen-bond donors (Lipinski definition) is 0. The second-order valence-corrected chi connectivity index (χ2v) is 3.85. The Labute approximate surface area is 64.4 Å². The SMILES string of the molecule is O=PC1CCC[CH]CCC1. The second kappa shape index (κ2) is 4.85. The molecular formula is C8H14OP. The van der Waals surface area contributed by atoms with Crippen molar-refractivity contribution in [3.8, 4) is 0 Å². The smallest absolute Gasteiger partial charge is 0.158 e. The molecule has 1 radical (unpaired) electrons. The van der Waals surface area contributed by atoms with Crippen LogP contribution in [0.1, 0.15) is 38.5 Å². The van der Waals surface area contributed by atoms with Crippen molar-refractivity contribution in [2.45, 2.75) is 44.2 Å². The number of rotatable bonds is 1. The normalized spacial score (nSPS) is 24.0. The Hall–Kier alpha value is 0.100. The van der Waals surface area contributed by atoms with E-state index in [1.807, 2.05) is 0 Å². The van der Waals surface area contributed by atoms with Gasteiger partial charge in [0, 0.05) is 5.66 Å². The first kappa shape index (κ1) is 8.20. The fraction of sp³-hybridized carbons (Fsp3) is 0.875. The minimum Gasteiger partial charge on any atom is -0.275 e. The molecule has 57 valence electrons. The molecule has 0 N–H and O–H groups in total. The molecule has 0 atom stereocenters. The van der Waals surface area contributed by atoms with Crippen LogP contribution in [0.3, 0.4) is 0 Å². The van der Waals surface area contributed by atoms with Gasteiger partial charge < -0.3 is 0 Å². The molecule has 10 heavy (non-hydrogen) atoms. The minimum atomic E-state index is 0.370. The van der Waals surface area contributed by atoms with Crippen molar-refractivity contribution < 1.29 is 4.57 Å². The average molecular weight is 157 g/mol. The van der Waals surface area contributed by atoms with E-state index in [2.05, 4.69) is 6.42 Å². The van der Waals surface area contributed by atoms with Gasteiger partial charge in [0.05, 0.1) is 0 Å². The molecule has 1 aliphatic rings. The van der Waals surface area contributed by atoms with Gasteiger partial charge >= 0.3 is 0 Å². The Morgan fingerprint density at radius 3 is 2.30 bits per heavy atom. The molecule has 1 aliphatic carbocycles. The van der Waals surface area contributed by atoms with Crippen LogP contribution in [0.25, 0.3) is 0 Å². The topological polar surface area (TPSA) is 17.1 Å². The van der Waals surface area contributed by atoms with Crippen molar-refractivity contribution in [3.05, 3.63) is 6.42 Å². The maximum Gasteiger partial charge on any atom is 0.158 e. The van der Waals surface area contributed by atoms with Gasteiger partial charge in [0.1, 0.15) is 0 Å². The molecule has 0 heterocycles. The minimum absolute atomic E-state index is 0.370. The lowest BCUT2D eigenvalue weighted by molar-refractivity contribution is 0.543. The highest BCUT2D eigenvalue weighted by molar-refractivity contribution is 7.24. The molecule has 0 aromatic heterocycles. The lowest BCUT2D eigenvalue weighted by Crippen LogP contribution is -2.01. The van der Waals surface area contributed by atoms with E-state index in [4.69, 9.17) is 0 Å². The van der Waals surface area contributed by atoms with Gasteiger partial charge in [-0.05, 0) is 19.3 Å². The van der Waals surface area contributed by atoms with Crippen LogP contribution in [0.5, 0.6) is 0 Å². The highest BCUT2D eigenvalue weighted by Crippen LogP contribution is 2.24. The highest BCUT2D eigenvalue weighted by Gasteiger charge is 2.09. The summed E-state index contributed by atoms with van der Waals surface area (Å²) in [5, 5.41) is 0. The van der Waals surface area contributed by atoms with Gasteiger partial charge in [-0.1, -0.05) is 25.7 Å². The van der Waals surface area contributed by atoms with Crippen LogP contribution in [0.4, 0.5) is 0 Å². The van der Waals surface area contributed by atoms with Crippen molar-refractivity contribution >= 4 is 8.46 Å². The zero-order valence-corrected chi connectivity index (χ0v) is 7.15. The van der Waals surface area contributed by atoms with Gasteiger partial charge in [-0.25, -0.2) is 0 Å². The van der Waals surface area contributed by atoms with Crippen molar-refractivity contribution in [1.29, 1.82) is 0 Å². The van der Waals surface area contributed by atoms with Crippen LogP contribution in [-0.4, -0.2) is 5.66 Å². The second-order valence-electron chi connectivity index (χ2n) is 2.91. The van der Waals surface area contributed by atoms with Gasteiger partial charge in [-0.2, -0.15) is 0 Å². The quantitative estimate of drug-likeness (QED) is 0.534. The van der Waals surface area contributed by atoms with Crippen LogP contribution in [0.15, 0.2) is 0 Å². The Balaban J connectivity index is 2.22. The van der Waals surface area contributed by atoms with E-state index in [9.17, 15) is 4.57 Å². The van der Waals surface area contributed by atoms with Crippen LogP contribution < -0.4 is 0 Å². The highest BCUT2D eigenvalue weighted by atomic mass is 31.1. The zero-order valence-electron chi connectivity index (χ0n) is 6.25. The van der Waals surface area contributed by atoms with Crippen molar-refractivity contribution in [3.63, 3.8) is 0 Å². The summed E-state index contributed by atoms with van der Waals surface area (Å²) in [7, 11) is 0.370. The fourth-order valence-corrected chi connectivity index (χ4v) is 1.97. The van der Waals surface area contributed by atoms with Gasteiger partial charge in [0.2, 0.25) is 0 Å². The molecule has 1 nitrogen and oxygen atoms in total. The lowest BCUT2D eigenvalue weighted by atomic mass is 10.0. The van der Waals surface area contributed by atoms with Gasteiger partial charge in [0.25, 0.3) is 0 Å². The van der Waals surface area contributed by atoms with E-state index in [0.717, 1.165) is 12.8 Å². The van der Waals surface area contributed by atoms with Gasteiger partial charge in [0.15, 0.2) is 8.46 Å². The fourth-order valence-electron chi connectivity index (χ4n) is 1.39. The third kappa shape index (κ3) is 2.79. The van der Waals surface area contributed by atoms with Crippen molar-refractivity contribution in [1.82, 2.24) is 0 Å². The molecule has 0 bridgehead atoms. The molecule has 0 aromatic carbocycles. The molecule has 0 unspecified atom stereocenters. The Morgan fingerprint density at radius 1 is 1.20 bits per heavy atom. The summed E-state index contributed by atoms with van der Waals surface area (Å²) in [6.07, 6.45) is 9.60. The van der Waals surface area contributed by atoms with E-state index in [-0.39, 0.29) is 0 Å². The lowest BCUT2D eigenvalue weighted by Gasteiger charge is -2.11. The van der Waals surface area contributed by atoms with Crippen molar-refractivity contribution in [2.75, 3.05) is 0 Å². The van der Waals surface area contributed by atoms with Crippen LogP contribution >= 0.6 is 8.46 Å². The van der Waals surface area contributed by atoms with Crippen LogP contribution in [0, 0.1) is 6.42 Å². The van der Waals surface area contributed by atoms with E-state index in [1.54, 1.807) is 0 Å². The molecule has 0 saturated heterocycles. The van der Waals surface area contributed by atoms with E-state index >= 15 is 0 Å². The summed E-state index contributed by atoms with van der Waals surface area (Å²) in [6, 6.07) is 0. The summed E-state index contributed by atoms with van der Waals surface area (Å²) in [4.78, 5) is 0. The molecular weight excluding hydrogens is 143 g/mol. The molecule has 0 aliphatic heterocycles. The monoisotopic (exact) mass is 157 g/mol. The first-order valence-electron chi connectivity index (χ1n) is 4.07. The molecule has 0 spiro atoms. The Morgan fingerprint density at radius 2 is 1.80 bits per heavy atom. The summed E-state index contributed by atoms with van der Waals surface area (Å²) in [6.45, 7) is 0. The molecule has 2 heteroatoms. The van der Waals surface area contributed by atoms with Crippen LogP contribution in [-0.2, 0) is 4.57 Å². The Kier molecular flexibility index (Phi) is 3.97. The number of hydrogen-bond acceptors (Lipinski definition) is 1. The van der Waals surface area contributed by atoms with Gasteiger partial charge in [-0.15, -0.1) is 0 Å². The summed E-state index contributed by atoms with van der Waals surface area (Å²) in [5.41, 5.74) is 0.466. The zero-order chi connectivity index (χ0) is 7.23.